The average molecular weight is 274 g/mol. The molecular formula is C17H26N2O. The van der Waals surface area contributed by atoms with Gasteiger partial charge >= 0.3 is 0 Å². The first kappa shape index (κ1) is 15.0. The van der Waals surface area contributed by atoms with Gasteiger partial charge in [-0.1, -0.05) is 25.5 Å². The van der Waals surface area contributed by atoms with Crippen LogP contribution in [-0.2, 0) is 4.79 Å². The maximum absolute atomic E-state index is 12.8. The molecule has 1 heterocycles. The SMILES string of the molecule is CCCC1(C(=O)Nc2cccc(C)c2C)CCCNC1. The molecule has 20 heavy (non-hydrogen) atoms. The first-order chi connectivity index (χ1) is 9.59. The molecular weight excluding hydrogens is 248 g/mol. The second-order valence-corrected chi connectivity index (χ2v) is 6.01. The lowest BCUT2D eigenvalue weighted by Crippen LogP contribution is -2.48. The van der Waals surface area contributed by atoms with E-state index in [1.54, 1.807) is 0 Å². The highest BCUT2D eigenvalue weighted by Crippen LogP contribution is 2.33. The summed E-state index contributed by atoms with van der Waals surface area (Å²) in [6.45, 7) is 8.13. The number of rotatable bonds is 4. The number of hydrogen-bond donors (Lipinski definition) is 2. The van der Waals surface area contributed by atoms with Gasteiger partial charge in [0.15, 0.2) is 0 Å². The van der Waals surface area contributed by atoms with Crippen LogP contribution in [0, 0.1) is 19.3 Å². The van der Waals surface area contributed by atoms with Crippen LogP contribution in [0.1, 0.15) is 43.7 Å². The van der Waals surface area contributed by atoms with Gasteiger partial charge in [-0.05, 0) is 56.8 Å². The van der Waals surface area contributed by atoms with Crippen molar-refractivity contribution in [2.75, 3.05) is 18.4 Å². The van der Waals surface area contributed by atoms with Gasteiger partial charge in [0.05, 0.1) is 5.41 Å². The fourth-order valence-electron chi connectivity index (χ4n) is 3.11. The Balaban J connectivity index is 2.18. The van der Waals surface area contributed by atoms with Crippen LogP contribution >= 0.6 is 0 Å². The molecule has 1 amide bonds. The largest absolute Gasteiger partial charge is 0.325 e. The monoisotopic (exact) mass is 274 g/mol. The van der Waals surface area contributed by atoms with Gasteiger partial charge in [0, 0.05) is 12.2 Å². The minimum Gasteiger partial charge on any atom is -0.325 e. The van der Waals surface area contributed by atoms with Gasteiger partial charge < -0.3 is 10.6 Å². The van der Waals surface area contributed by atoms with Crippen LogP contribution in [0.5, 0.6) is 0 Å². The molecule has 1 unspecified atom stereocenters. The third kappa shape index (κ3) is 3.04. The second kappa shape index (κ2) is 6.40. The van der Waals surface area contributed by atoms with Crippen molar-refractivity contribution in [3.63, 3.8) is 0 Å². The van der Waals surface area contributed by atoms with E-state index in [4.69, 9.17) is 0 Å². The van der Waals surface area contributed by atoms with Crippen molar-refractivity contribution in [2.24, 2.45) is 5.41 Å². The van der Waals surface area contributed by atoms with Gasteiger partial charge in [0.1, 0.15) is 0 Å². The third-order valence-corrected chi connectivity index (χ3v) is 4.54. The minimum atomic E-state index is -0.233. The highest BCUT2D eigenvalue weighted by atomic mass is 16.2. The lowest BCUT2D eigenvalue weighted by molar-refractivity contribution is -0.127. The second-order valence-electron chi connectivity index (χ2n) is 6.01. The Morgan fingerprint density at radius 3 is 2.85 bits per heavy atom. The summed E-state index contributed by atoms with van der Waals surface area (Å²) in [5.74, 6) is 0.181. The average Bonchev–Trinajstić information content (AvgIpc) is 2.45. The summed E-state index contributed by atoms with van der Waals surface area (Å²) < 4.78 is 0. The Kier molecular flexibility index (Phi) is 4.81. The smallest absolute Gasteiger partial charge is 0.231 e. The molecule has 2 rings (SSSR count). The molecule has 1 fully saturated rings. The molecule has 1 atom stereocenters. The van der Waals surface area contributed by atoms with E-state index in [0.29, 0.717) is 0 Å². The number of carbonyl (C=O) groups excluding carboxylic acids is 1. The van der Waals surface area contributed by atoms with Crippen LogP contribution in [0.2, 0.25) is 0 Å². The van der Waals surface area contributed by atoms with Crippen LogP contribution in [0.4, 0.5) is 5.69 Å². The molecule has 0 saturated carbocycles. The molecule has 0 aliphatic carbocycles. The van der Waals surface area contributed by atoms with Crippen molar-refractivity contribution < 1.29 is 4.79 Å². The van der Waals surface area contributed by atoms with Crippen molar-refractivity contribution in [1.29, 1.82) is 0 Å². The van der Waals surface area contributed by atoms with Crippen molar-refractivity contribution in [2.45, 2.75) is 46.5 Å². The van der Waals surface area contributed by atoms with E-state index in [-0.39, 0.29) is 11.3 Å². The number of aryl methyl sites for hydroxylation is 1. The number of carbonyl (C=O) groups is 1. The first-order valence-electron chi connectivity index (χ1n) is 7.67. The first-order valence-corrected chi connectivity index (χ1v) is 7.67. The molecule has 3 nitrogen and oxygen atoms in total. The van der Waals surface area contributed by atoms with E-state index in [1.165, 1.54) is 5.56 Å². The summed E-state index contributed by atoms with van der Waals surface area (Å²) in [4.78, 5) is 12.8. The number of nitrogens with one attached hydrogen (secondary N) is 2. The zero-order valence-corrected chi connectivity index (χ0v) is 12.9. The van der Waals surface area contributed by atoms with Crippen molar-refractivity contribution in [1.82, 2.24) is 5.32 Å². The van der Waals surface area contributed by atoms with E-state index < -0.39 is 0 Å². The molecule has 2 N–H and O–H groups in total. The molecule has 1 aliphatic rings. The van der Waals surface area contributed by atoms with Crippen LogP contribution < -0.4 is 10.6 Å². The fraction of sp³-hybridized carbons (Fsp3) is 0.588. The predicted octanol–water partition coefficient (Wildman–Crippen LogP) is 3.41. The lowest BCUT2D eigenvalue weighted by atomic mass is 9.76. The Hall–Kier alpha value is -1.35. The van der Waals surface area contributed by atoms with Gasteiger partial charge in [-0.2, -0.15) is 0 Å². The van der Waals surface area contributed by atoms with E-state index >= 15 is 0 Å². The highest BCUT2D eigenvalue weighted by molar-refractivity contribution is 5.96. The molecule has 3 heteroatoms. The Morgan fingerprint density at radius 2 is 2.20 bits per heavy atom. The summed E-state index contributed by atoms with van der Waals surface area (Å²) in [6, 6.07) is 6.08. The summed E-state index contributed by atoms with van der Waals surface area (Å²) >= 11 is 0. The van der Waals surface area contributed by atoms with Crippen LogP contribution in [-0.4, -0.2) is 19.0 Å². The lowest BCUT2D eigenvalue weighted by Gasteiger charge is -2.36. The van der Waals surface area contributed by atoms with Crippen LogP contribution in [0.15, 0.2) is 18.2 Å². The Bertz CT molecular complexity index is 470. The summed E-state index contributed by atoms with van der Waals surface area (Å²) in [5, 5.41) is 6.56. The quantitative estimate of drug-likeness (QED) is 0.883. The zero-order valence-electron chi connectivity index (χ0n) is 12.9. The summed E-state index contributed by atoms with van der Waals surface area (Å²) in [6.07, 6.45) is 4.07. The summed E-state index contributed by atoms with van der Waals surface area (Å²) in [7, 11) is 0. The highest BCUT2D eigenvalue weighted by Gasteiger charge is 2.38. The molecule has 0 radical (unpaired) electrons. The predicted molar refractivity (Wildman–Crippen MR) is 84.0 cm³/mol. The van der Waals surface area contributed by atoms with Gasteiger partial charge in [-0.3, -0.25) is 4.79 Å². The molecule has 1 saturated heterocycles. The number of benzene rings is 1. The van der Waals surface area contributed by atoms with E-state index in [1.807, 2.05) is 12.1 Å². The van der Waals surface area contributed by atoms with Crippen LogP contribution in [0.25, 0.3) is 0 Å². The van der Waals surface area contributed by atoms with E-state index in [2.05, 4.69) is 37.5 Å². The minimum absolute atomic E-state index is 0.181. The van der Waals surface area contributed by atoms with Gasteiger partial charge in [-0.15, -0.1) is 0 Å². The maximum Gasteiger partial charge on any atom is 0.231 e. The van der Waals surface area contributed by atoms with Crippen LogP contribution in [0.3, 0.4) is 0 Å². The molecule has 110 valence electrons. The Morgan fingerprint density at radius 1 is 1.40 bits per heavy atom. The van der Waals surface area contributed by atoms with Gasteiger partial charge in [0.2, 0.25) is 5.91 Å². The standard InChI is InChI=1S/C17H26N2O/c1-4-9-17(10-6-11-18-12-17)16(20)19-15-8-5-7-13(2)14(15)3/h5,7-8,18H,4,6,9-12H2,1-3H3,(H,19,20). The normalized spacial score (nSPS) is 22.6. The van der Waals surface area contributed by atoms with Gasteiger partial charge in [0.25, 0.3) is 0 Å². The number of piperidine rings is 1. The maximum atomic E-state index is 12.8. The third-order valence-electron chi connectivity index (χ3n) is 4.54. The summed E-state index contributed by atoms with van der Waals surface area (Å²) in [5.41, 5.74) is 3.10. The zero-order chi connectivity index (χ0) is 14.6. The van der Waals surface area contributed by atoms with E-state index in [9.17, 15) is 4.79 Å². The van der Waals surface area contributed by atoms with Crippen molar-refractivity contribution >= 4 is 11.6 Å². The number of anilines is 1. The van der Waals surface area contributed by atoms with Gasteiger partial charge in [-0.25, -0.2) is 0 Å². The van der Waals surface area contributed by atoms with Crippen molar-refractivity contribution in [3.05, 3.63) is 29.3 Å². The topological polar surface area (TPSA) is 41.1 Å². The Labute approximate surface area is 122 Å². The molecule has 1 aromatic rings. The molecule has 1 aliphatic heterocycles. The molecule has 0 aromatic heterocycles. The number of amides is 1. The fourth-order valence-corrected chi connectivity index (χ4v) is 3.11. The number of hydrogen-bond acceptors (Lipinski definition) is 2. The molecule has 0 bridgehead atoms. The van der Waals surface area contributed by atoms with E-state index in [0.717, 1.165) is 50.0 Å². The molecule has 1 aromatic carbocycles. The van der Waals surface area contributed by atoms with Crippen molar-refractivity contribution in [3.8, 4) is 0 Å². The molecule has 0 spiro atoms.